The summed E-state index contributed by atoms with van der Waals surface area (Å²) in [7, 11) is 0. The first-order chi connectivity index (χ1) is 12.0. The van der Waals surface area contributed by atoms with Crippen LogP contribution in [0, 0.1) is 6.92 Å². The van der Waals surface area contributed by atoms with Gasteiger partial charge in [-0.05, 0) is 42.8 Å². The molecule has 0 aliphatic carbocycles. The number of nitrogens with one attached hydrogen (secondary N) is 1. The normalized spacial score (nSPS) is 10.7. The Balaban J connectivity index is 1.58. The first-order valence-electron chi connectivity index (χ1n) is 7.78. The van der Waals surface area contributed by atoms with Crippen LogP contribution >= 0.6 is 27.5 Å². The fraction of sp³-hybridized carbons (Fsp3) is 0.158. The highest BCUT2D eigenvalue weighted by Crippen LogP contribution is 2.23. The first kappa shape index (κ1) is 17.7. The summed E-state index contributed by atoms with van der Waals surface area (Å²) in [5.74, 6) is 1.14. The molecule has 0 unspecified atom stereocenters. The van der Waals surface area contributed by atoms with Gasteiger partial charge in [-0.2, -0.15) is 0 Å². The summed E-state index contributed by atoms with van der Waals surface area (Å²) in [5.41, 5.74) is 2.63. The lowest BCUT2D eigenvalue weighted by atomic mass is 10.2. The summed E-state index contributed by atoms with van der Waals surface area (Å²) in [5, 5.41) is 3.53. The zero-order chi connectivity index (χ0) is 17.8. The van der Waals surface area contributed by atoms with E-state index in [9.17, 15) is 4.79 Å². The molecule has 0 fully saturated rings. The molecule has 0 aliphatic heterocycles. The van der Waals surface area contributed by atoms with Gasteiger partial charge in [-0.15, -0.1) is 0 Å². The lowest BCUT2D eigenvalue weighted by Crippen LogP contribution is -2.13. The Labute approximate surface area is 159 Å². The molecule has 0 spiro atoms. The van der Waals surface area contributed by atoms with Crippen LogP contribution in [0.1, 0.15) is 17.9 Å². The molecule has 0 radical (unpaired) electrons. The Morgan fingerprint density at radius 3 is 2.72 bits per heavy atom. The maximum absolute atomic E-state index is 12.1. The Morgan fingerprint density at radius 2 is 2.00 bits per heavy atom. The van der Waals surface area contributed by atoms with E-state index in [2.05, 4.69) is 26.2 Å². The van der Waals surface area contributed by atoms with Gasteiger partial charge in [0, 0.05) is 33.6 Å². The second-order valence-electron chi connectivity index (χ2n) is 5.63. The standard InChI is InChI=1S/C19H16BrClN2O2/c1-12-10-15(21)6-7-16(12)23-18(24)8-9-19-22-11-17(25-19)13-2-4-14(20)5-3-13/h2-7,10-11H,8-9H2,1H3,(H,23,24). The molecule has 25 heavy (non-hydrogen) atoms. The Hall–Kier alpha value is -2.11. The van der Waals surface area contributed by atoms with Gasteiger partial charge in [0.15, 0.2) is 11.7 Å². The van der Waals surface area contributed by atoms with E-state index in [1.54, 1.807) is 18.3 Å². The van der Waals surface area contributed by atoms with Crippen molar-refractivity contribution in [1.82, 2.24) is 4.98 Å². The van der Waals surface area contributed by atoms with E-state index in [1.807, 2.05) is 37.3 Å². The van der Waals surface area contributed by atoms with Crippen LogP contribution in [0.5, 0.6) is 0 Å². The average molecular weight is 420 g/mol. The van der Waals surface area contributed by atoms with E-state index in [4.69, 9.17) is 16.0 Å². The second kappa shape index (κ2) is 7.85. The van der Waals surface area contributed by atoms with Gasteiger partial charge >= 0.3 is 0 Å². The van der Waals surface area contributed by atoms with E-state index >= 15 is 0 Å². The molecule has 3 aromatic rings. The minimum absolute atomic E-state index is 0.0891. The number of halogens is 2. The van der Waals surface area contributed by atoms with Crippen molar-refractivity contribution in [1.29, 1.82) is 0 Å². The van der Waals surface area contributed by atoms with E-state index in [0.29, 0.717) is 29.5 Å². The Bertz CT molecular complexity index is 891. The van der Waals surface area contributed by atoms with Crippen molar-refractivity contribution in [3.8, 4) is 11.3 Å². The molecule has 2 aromatic carbocycles. The van der Waals surface area contributed by atoms with Gasteiger partial charge in [0.05, 0.1) is 6.20 Å². The van der Waals surface area contributed by atoms with Crippen molar-refractivity contribution in [3.63, 3.8) is 0 Å². The number of amides is 1. The molecule has 6 heteroatoms. The van der Waals surface area contributed by atoms with Gasteiger partial charge in [-0.1, -0.05) is 39.7 Å². The van der Waals surface area contributed by atoms with Crippen LogP contribution in [0.25, 0.3) is 11.3 Å². The Kier molecular flexibility index (Phi) is 5.56. The van der Waals surface area contributed by atoms with Crippen molar-refractivity contribution >= 4 is 39.1 Å². The maximum Gasteiger partial charge on any atom is 0.224 e. The van der Waals surface area contributed by atoms with Crippen molar-refractivity contribution in [2.45, 2.75) is 19.8 Å². The van der Waals surface area contributed by atoms with Crippen LogP contribution in [0.4, 0.5) is 5.69 Å². The lowest BCUT2D eigenvalue weighted by molar-refractivity contribution is -0.116. The van der Waals surface area contributed by atoms with Crippen molar-refractivity contribution in [2.24, 2.45) is 0 Å². The molecular weight excluding hydrogens is 404 g/mol. The average Bonchev–Trinajstić information content (AvgIpc) is 3.05. The fourth-order valence-electron chi connectivity index (χ4n) is 2.37. The quantitative estimate of drug-likeness (QED) is 0.582. The summed E-state index contributed by atoms with van der Waals surface area (Å²) in [4.78, 5) is 16.4. The summed E-state index contributed by atoms with van der Waals surface area (Å²) in [6.07, 6.45) is 2.41. The molecule has 3 rings (SSSR count). The van der Waals surface area contributed by atoms with Crippen molar-refractivity contribution in [2.75, 3.05) is 5.32 Å². The third-order valence-electron chi connectivity index (χ3n) is 3.71. The molecule has 4 nitrogen and oxygen atoms in total. The van der Waals surface area contributed by atoms with Gasteiger partial charge in [0.25, 0.3) is 0 Å². The van der Waals surface area contributed by atoms with Gasteiger partial charge in [0.1, 0.15) is 0 Å². The van der Waals surface area contributed by atoms with Crippen molar-refractivity contribution < 1.29 is 9.21 Å². The topological polar surface area (TPSA) is 55.1 Å². The van der Waals surface area contributed by atoms with Gasteiger partial charge in [-0.25, -0.2) is 4.98 Å². The van der Waals surface area contributed by atoms with Gasteiger partial charge < -0.3 is 9.73 Å². The number of rotatable bonds is 5. The largest absolute Gasteiger partial charge is 0.441 e. The zero-order valence-electron chi connectivity index (χ0n) is 13.6. The molecular formula is C19H16BrClN2O2. The van der Waals surface area contributed by atoms with Crippen LogP contribution in [-0.4, -0.2) is 10.9 Å². The van der Waals surface area contributed by atoms with Crippen LogP contribution in [0.2, 0.25) is 5.02 Å². The van der Waals surface area contributed by atoms with E-state index in [0.717, 1.165) is 21.3 Å². The van der Waals surface area contributed by atoms with E-state index < -0.39 is 0 Å². The molecule has 0 aliphatic rings. The number of anilines is 1. The minimum Gasteiger partial charge on any atom is -0.441 e. The highest BCUT2D eigenvalue weighted by Gasteiger charge is 2.10. The van der Waals surface area contributed by atoms with Gasteiger partial charge in [-0.3, -0.25) is 4.79 Å². The number of oxazole rings is 1. The van der Waals surface area contributed by atoms with E-state index in [-0.39, 0.29) is 5.91 Å². The predicted molar refractivity (Wildman–Crippen MR) is 103 cm³/mol. The van der Waals surface area contributed by atoms with Crippen molar-refractivity contribution in [3.05, 3.63) is 69.6 Å². The SMILES string of the molecule is Cc1cc(Cl)ccc1NC(=O)CCc1ncc(-c2ccc(Br)cc2)o1. The molecule has 1 N–H and O–H groups in total. The second-order valence-corrected chi connectivity index (χ2v) is 6.98. The molecule has 128 valence electrons. The number of carbonyl (C=O) groups is 1. The minimum atomic E-state index is -0.0891. The van der Waals surface area contributed by atoms with Crippen LogP contribution in [-0.2, 0) is 11.2 Å². The monoisotopic (exact) mass is 418 g/mol. The van der Waals surface area contributed by atoms with E-state index in [1.165, 1.54) is 0 Å². The fourth-order valence-corrected chi connectivity index (χ4v) is 2.86. The molecule has 0 atom stereocenters. The third-order valence-corrected chi connectivity index (χ3v) is 4.47. The number of nitrogens with zero attached hydrogens (tertiary/aromatic N) is 1. The molecule has 0 saturated heterocycles. The number of hydrogen-bond donors (Lipinski definition) is 1. The Morgan fingerprint density at radius 1 is 1.24 bits per heavy atom. The molecule has 0 bridgehead atoms. The number of aromatic nitrogens is 1. The van der Waals surface area contributed by atoms with Gasteiger partial charge in [0.2, 0.25) is 5.91 Å². The summed E-state index contributed by atoms with van der Waals surface area (Å²) < 4.78 is 6.73. The summed E-state index contributed by atoms with van der Waals surface area (Å²) >= 11 is 9.32. The molecule has 0 saturated carbocycles. The molecule has 1 heterocycles. The summed E-state index contributed by atoms with van der Waals surface area (Å²) in [6, 6.07) is 13.2. The van der Waals surface area contributed by atoms with Crippen LogP contribution < -0.4 is 5.32 Å². The number of benzene rings is 2. The first-order valence-corrected chi connectivity index (χ1v) is 8.95. The highest BCUT2D eigenvalue weighted by atomic mass is 79.9. The lowest BCUT2D eigenvalue weighted by Gasteiger charge is -2.08. The number of carbonyl (C=O) groups excluding carboxylic acids is 1. The summed E-state index contributed by atoms with van der Waals surface area (Å²) in [6.45, 7) is 1.90. The third kappa shape index (κ3) is 4.71. The smallest absolute Gasteiger partial charge is 0.224 e. The zero-order valence-corrected chi connectivity index (χ0v) is 15.9. The predicted octanol–water partition coefficient (Wildman–Crippen LogP) is 5.64. The molecule has 1 amide bonds. The number of aryl methyl sites for hydroxylation is 2. The molecule has 1 aromatic heterocycles. The maximum atomic E-state index is 12.1. The van der Waals surface area contributed by atoms with Crippen LogP contribution in [0.3, 0.4) is 0 Å². The highest BCUT2D eigenvalue weighted by molar-refractivity contribution is 9.10. The number of hydrogen-bond acceptors (Lipinski definition) is 3. The van der Waals surface area contributed by atoms with Crippen LogP contribution in [0.15, 0.2) is 57.6 Å².